The first-order valence-corrected chi connectivity index (χ1v) is 33.8. The van der Waals surface area contributed by atoms with Crippen LogP contribution in [0.15, 0.2) is 93.0 Å². The molecule has 0 bridgehead atoms. The number of halogens is 7. The summed E-state index contributed by atoms with van der Waals surface area (Å²) < 4.78 is 148. The van der Waals surface area contributed by atoms with E-state index in [0.29, 0.717) is 36.2 Å². The van der Waals surface area contributed by atoms with Crippen molar-refractivity contribution in [1.82, 2.24) is 29.5 Å². The van der Waals surface area contributed by atoms with Crippen LogP contribution in [0.1, 0.15) is 117 Å². The lowest BCUT2D eigenvalue weighted by Gasteiger charge is -2.34. The maximum atomic E-state index is 13.6. The lowest BCUT2D eigenvalue weighted by Crippen LogP contribution is -2.50. The van der Waals surface area contributed by atoms with Crippen molar-refractivity contribution in [2.45, 2.75) is 101 Å². The lowest BCUT2D eigenvalue weighted by molar-refractivity contribution is -0.138. The molecule has 25 nitrogen and oxygen atoms in total. The first-order valence-electron chi connectivity index (χ1n) is 30.5. The average molecular weight is 1430 g/mol. The minimum atomic E-state index is -4.68. The highest BCUT2D eigenvalue weighted by atomic mass is 35.5. The van der Waals surface area contributed by atoms with Gasteiger partial charge >= 0.3 is 18.3 Å². The van der Waals surface area contributed by atoms with Crippen molar-refractivity contribution in [3.05, 3.63) is 149 Å². The van der Waals surface area contributed by atoms with Crippen LogP contribution >= 0.6 is 12.4 Å². The van der Waals surface area contributed by atoms with Gasteiger partial charge in [-0.05, 0) is 173 Å². The van der Waals surface area contributed by atoms with Crippen LogP contribution in [-0.4, -0.2) is 173 Å². The second-order valence-corrected chi connectivity index (χ2v) is 27.1. The van der Waals surface area contributed by atoms with Gasteiger partial charge in [-0.15, -0.1) is 37.1 Å². The summed E-state index contributed by atoms with van der Waals surface area (Å²) in [6.07, 6.45) is 3.47. The number of rotatable bonds is 26. The van der Waals surface area contributed by atoms with Gasteiger partial charge in [0.1, 0.15) is 34.2 Å². The van der Waals surface area contributed by atoms with Crippen molar-refractivity contribution in [2.24, 2.45) is 20.2 Å². The third-order valence-corrected chi connectivity index (χ3v) is 20.0. The molecule has 528 valence electrons. The summed E-state index contributed by atoms with van der Waals surface area (Å²) in [4.78, 5) is 65.8. The lowest BCUT2D eigenvalue weighted by atomic mass is 9.89. The number of amidine groups is 2. The van der Waals surface area contributed by atoms with Crippen LogP contribution in [0.2, 0.25) is 0 Å². The molecule has 4 aromatic rings. The second kappa shape index (κ2) is 35.6. The van der Waals surface area contributed by atoms with Crippen LogP contribution < -0.4 is 25.4 Å². The largest absolute Gasteiger partial charge is 0.493 e. The quantitative estimate of drug-likeness (QED) is 0.0114. The number of sulfonamides is 2. The maximum Gasteiger partial charge on any atom is 0.416 e. The molecule has 4 aliphatic heterocycles. The van der Waals surface area contributed by atoms with Gasteiger partial charge in [0, 0.05) is 92.2 Å². The van der Waals surface area contributed by atoms with Gasteiger partial charge in [0.15, 0.2) is 0 Å². The van der Waals surface area contributed by atoms with Crippen molar-refractivity contribution in [3.63, 3.8) is 0 Å². The molecule has 3 amide bonds. The van der Waals surface area contributed by atoms with Gasteiger partial charge in [-0.3, -0.25) is 24.4 Å². The molecular formula is C64H75ClF6N14O11S2. The number of hydrogen-bond acceptors (Lipinski definition) is 15. The van der Waals surface area contributed by atoms with Gasteiger partial charge in [0.2, 0.25) is 20.0 Å². The highest BCUT2D eigenvalue weighted by molar-refractivity contribution is 7.89. The van der Waals surface area contributed by atoms with E-state index in [1.54, 1.807) is 45.2 Å². The molecule has 2 fully saturated rings. The summed E-state index contributed by atoms with van der Waals surface area (Å²) in [7, 11) is -3.92. The topological polar surface area (TPSA) is 343 Å². The molecule has 0 atom stereocenters. The molecule has 98 heavy (non-hydrogen) atoms. The standard InChI is InChI=1S/C32H36F3N7O5S.C28H28F3N3O6S.C4H10N4.ClH/c1-4-5-16-47-27-20-25(19-26(21-27)32(33,34)35)28-38-30(44)31(39-28)10-14-42(15-11-31)48(45,46)17-9-23-7-8-24(18-22(23)2)29(43)41(3)13-6-12-37-40-36;1-3-4-12-40-23-16-21(15-22(17-23)28(29,30)31)24-32-26(37)27(33-24)8-10-34(11-9-27)41(38,39)13-7-19-5-6-20(25(35)36)14-18(19)2;1-6-3-2-4-7-8-5;/h1,7-8,18-21H,5-6,9-17H2,2-3H3,(H,38,39,44);1,5-6,14-17H,4,7-13H2,2H3,(H,35,36)(H,32,33,37);6H,2-4H2,1H3;1H. The number of aromatic carboxylic acids is 1. The normalized spacial score (nSPS) is 15.7. The molecule has 0 unspecified atom stereocenters. The van der Waals surface area contributed by atoms with Crippen molar-refractivity contribution < 1.29 is 76.9 Å². The van der Waals surface area contributed by atoms with E-state index in [-0.39, 0.29) is 167 Å². The third-order valence-electron chi connectivity index (χ3n) is 16.2. The van der Waals surface area contributed by atoms with Crippen LogP contribution in [0.4, 0.5) is 26.3 Å². The molecule has 2 spiro atoms. The van der Waals surface area contributed by atoms with E-state index in [9.17, 15) is 62.4 Å². The molecule has 34 heteroatoms. The third kappa shape index (κ3) is 21.8. The Bertz CT molecular complexity index is 4040. The monoisotopic (exact) mass is 1430 g/mol. The Labute approximate surface area is 570 Å². The second-order valence-electron chi connectivity index (χ2n) is 22.9. The van der Waals surface area contributed by atoms with E-state index in [2.05, 4.69) is 57.8 Å². The van der Waals surface area contributed by atoms with Crippen molar-refractivity contribution in [1.29, 1.82) is 0 Å². The van der Waals surface area contributed by atoms with E-state index < -0.39 is 72.4 Å². The van der Waals surface area contributed by atoms with E-state index in [1.807, 2.05) is 7.05 Å². The Morgan fingerprint density at radius 2 is 1.10 bits per heavy atom. The molecule has 4 N–H and O–H groups in total. The summed E-state index contributed by atoms with van der Waals surface area (Å²) in [6.45, 7) is 5.77. The minimum Gasteiger partial charge on any atom is -0.493 e. The number of ether oxygens (including phenoxy) is 2. The predicted molar refractivity (Wildman–Crippen MR) is 357 cm³/mol. The number of azide groups is 2. The molecule has 0 radical (unpaired) electrons. The maximum absolute atomic E-state index is 13.6. The number of benzene rings is 4. The summed E-state index contributed by atoms with van der Waals surface area (Å²) in [5.74, 6) is 1.77. The SMILES string of the molecule is C#CCCOc1cc(C2=NC3(CCN(S(=O)(=O)CCc4ccc(C(=O)N(C)CCCN=[N+]=[N-])cc4C)CC3)C(=O)N2)cc(C(F)(F)F)c1.C#CCCOc1cc(C2=NC3(CCN(S(=O)(=O)CCc4ccc(C(=O)O)cc4C)CC3)C(=O)N2)cc(C(F)(F)F)c1.CNCCCN=[N+]=[N-].Cl. The summed E-state index contributed by atoms with van der Waals surface area (Å²) in [6, 6.07) is 15.7. The van der Waals surface area contributed by atoms with E-state index in [0.717, 1.165) is 48.4 Å². The number of carboxylic acids is 1. The number of nitrogens with one attached hydrogen (secondary N) is 3. The van der Waals surface area contributed by atoms with Crippen LogP contribution in [0, 0.1) is 38.5 Å². The van der Waals surface area contributed by atoms with E-state index >= 15 is 0 Å². The molecule has 0 aromatic heterocycles. The number of alkyl halides is 6. The van der Waals surface area contributed by atoms with Gasteiger partial charge in [-0.1, -0.05) is 22.4 Å². The number of carbonyl (C=O) groups is 4. The van der Waals surface area contributed by atoms with Crippen LogP contribution in [0.5, 0.6) is 11.5 Å². The molecule has 4 aromatic carbocycles. The summed E-state index contributed by atoms with van der Waals surface area (Å²) in [5.41, 5.74) is 15.1. The van der Waals surface area contributed by atoms with Gasteiger partial charge in [-0.25, -0.2) is 30.2 Å². The Kier molecular flexibility index (Phi) is 28.9. The number of carbonyl (C=O) groups excluding carboxylic acids is 3. The van der Waals surface area contributed by atoms with Gasteiger partial charge < -0.3 is 35.4 Å². The predicted octanol–water partition coefficient (Wildman–Crippen LogP) is 9.20. The van der Waals surface area contributed by atoms with E-state index in [1.165, 1.54) is 37.8 Å². The van der Waals surface area contributed by atoms with Gasteiger partial charge in [0.25, 0.3) is 17.7 Å². The zero-order chi connectivity index (χ0) is 71.4. The first-order chi connectivity index (χ1) is 45.8. The number of hydrogen-bond donors (Lipinski definition) is 4. The number of nitrogens with zero attached hydrogens (tertiary/aromatic N) is 11. The zero-order valence-electron chi connectivity index (χ0n) is 54.1. The summed E-state index contributed by atoms with van der Waals surface area (Å²) in [5, 5.41) is 24.0. The van der Waals surface area contributed by atoms with Crippen LogP contribution in [0.25, 0.3) is 20.9 Å². The molecule has 2 saturated heterocycles. The Morgan fingerprint density at radius 1 is 0.694 bits per heavy atom. The molecule has 0 aliphatic carbocycles. The van der Waals surface area contributed by atoms with Crippen molar-refractivity contribution in [3.8, 4) is 36.2 Å². The first kappa shape index (κ1) is 79.8. The van der Waals surface area contributed by atoms with Crippen LogP contribution in [-0.2, 0) is 54.8 Å². The number of terminal acetylenes is 2. The smallest absolute Gasteiger partial charge is 0.416 e. The average Bonchev–Trinajstić information content (AvgIpc) is 1.61. The number of aryl methyl sites for hydroxylation is 4. The molecule has 0 saturated carbocycles. The minimum absolute atomic E-state index is 0. The molecule has 4 aliphatic rings. The molecular weight excluding hydrogens is 1350 g/mol. The fourth-order valence-corrected chi connectivity index (χ4v) is 13.7. The summed E-state index contributed by atoms with van der Waals surface area (Å²) >= 11 is 0. The number of aliphatic imine (C=N–C) groups is 2. The Balaban J connectivity index is 0.000000318. The fraction of sp³-hybridized carbons (Fsp3) is 0.469. The Hall–Kier alpha value is -8.91. The van der Waals surface area contributed by atoms with Crippen molar-refractivity contribution in [2.75, 3.05) is 91.2 Å². The van der Waals surface area contributed by atoms with Crippen LogP contribution in [0.3, 0.4) is 0 Å². The highest BCUT2D eigenvalue weighted by Gasteiger charge is 2.49. The van der Waals surface area contributed by atoms with E-state index in [4.69, 9.17) is 38.5 Å². The number of carboxylic acid groups (broad SMARTS) is 1. The van der Waals surface area contributed by atoms with Gasteiger partial charge in [-0.2, -0.15) is 26.3 Å². The molecule has 4 heterocycles. The highest BCUT2D eigenvalue weighted by Crippen LogP contribution is 2.38. The molecule has 8 rings (SSSR count). The Morgan fingerprint density at radius 3 is 1.48 bits per heavy atom. The fourth-order valence-electron chi connectivity index (χ4n) is 10.7. The number of amides is 3. The van der Waals surface area contributed by atoms with Gasteiger partial charge in [0.05, 0.1) is 41.4 Å². The number of piperidine rings is 2. The zero-order valence-corrected chi connectivity index (χ0v) is 56.5. The van der Waals surface area contributed by atoms with Crippen molar-refractivity contribution >= 4 is 67.8 Å².